The van der Waals surface area contributed by atoms with Crippen molar-refractivity contribution in [1.29, 1.82) is 0 Å². The third-order valence-corrected chi connectivity index (χ3v) is 2.37. The molecule has 0 spiro atoms. The zero-order valence-electron chi connectivity index (χ0n) is 10.8. The van der Waals surface area contributed by atoms with Crippen molar-refractivity contribution in [3.63, 3.8) is 0 Å². The number of hydrogen-bond acceptors (Lipinski definition) is 4. The van der Waals surface area contributed by atoms with E-state index in [4.69, 9.17) is 21.7 Å². The van der Waals surface area contributed by atoms with Gasteiger partial charge in [-0.15, -0.1) is 0 Å². The average Bonchev–Trinajstić information content (AvgIpc) is 2.32. The molecule has 0 saturated carbocycles. The van der Waals surface area contributed by atoms with Crippen LogP contribution in [0.5, 0.6) is 5.75 Å². The van der Waals surface area contributed by atoms with E-state index < -0.39 is 12.0 Å². The molecule has 5 nitrogen and oxygen atoms in total. The number of phenolic OH excluding ortho intramolecular Hbond substituents is 1. The summed E-state index contributed by atoms with van der Waals surface area (Å²) in [5, 5.41) is 17.1. The van der Waals surface area contributed by atoms with Gasteiger partial charge in [-0.25, -0.2) is 0 Å². The monoisotopic (exact) mass is 254 g/mol. The van der Waals surface area contributed by atoms with Crippen LogP contribution in [0.1, 0.15) is 19.4 Å². The second-order valence-electron chi connectivity index (χ2n) is 4.31. The molecule has 0 unspecified atom stereocenters. The predicted octanol–water partition coefficient (Wildman–Crippen LogP) is 0.948. The summed E-state index contributed by atoms with van der Waals surface area (Å²) >= 11 is 0. The molecule has 1 atom stereocenters. The molecule has 0 heterocycles. The minimum atomic E-state index is -0.931. The highest BCUT2D eigenvalue weighted by Gasteiger charge is 2.14. The van der Waals surface area contributed by atoms with Crippen LogP contribution in [-0.4, -0.2) is 28.8 Å². The molecule has 0 aliphatic heterocycles. The maximum absolute atomic E-state index is 10.0. The van der Waals surface area contributed by atoms with E-state index in [0.29, 0.717) is 12.3 Å². The van der Waals surface area contributed by atoms with Gasteiger partial charge in [0, 0.05) is 0 Å². The molecule has 0 aliphatic carbocycles. The van der Waals surface area contributed by atoms with Gasteiger partial charge in [0.05, 0.1) is 0 Å². The normalized spacial score (nSPS) is 11.6. The highest BCUT2D eigenvalue weighted by molar-refractivity contribution is 5.73. The number of carboxylic acid groups (broad SMARTS) is 1. The maximum Gasteiger partial charge on any atom is 0.320 e. The minimum Gasteiger partial charge on any atom is -0.508 e. The summed E-state index contributed by atoms with van der Waals surface area (Å²) < 4.78 is 0. The molecule has 5 heteroatoms. The van der Waals surface area contributed by atoms with Crippen molar-refractivity contribution in [2.45, 2.75) is 26.3 Å². The molecule has 1 aromatic carbocycles. The van der Waals surface area contributed by atoms with E-state index in [-0.39, 0.29) is 5.92 Å². The number of aliphatic carboxylic acids is 1. The third kappa shape index (κ3) is 6.88. The second-order valence-corrected chi connectivity index (χ2v) is 4.31. The minimum absolute atomic E-state index is 0.0208. The number of carbonyl (C=O) groups is 1. The number of rotatable bonds is 4. The number of hydrogen-bond donors (Lipinski definition) is 4. The molecular formula is C13H22N2O3. The number of benzene rings is 1. The lowest BCUT2D eigenvalue weighted by Gasteiger charge is -2.07. The van der Waals surface area contributed by atoms with Crippen molar-refractivity contribution in [2.24, 2.45) is 17.4 Å². The largest absolute Gasteiger partial charge is 0.508 e. The van der Waals surface area contributed by atoms with Crippen LogP contribution in [0.2, 0.25) is 0 Å². The van der Waals surface area contributed by atoms with Gasteiger partial charge < -0.3 is 21.7 Å². The van der Waals surface area contributed by atoms with Crippen molar-refractivity contribution in [1.82, 2.24) is 0 Å². The standard InChI is InChI=1S/C8H11NO.C5H11NO2/c9-6-5-7-1-3-8(10)4-2-7;1-3(2)4(6)5(7)8/h1-4,10H,5-6,9H2;3-4H,6H2,1-2H3,(H,7,8)/t;4-/m.0/s1. The Morgan fingerprint density at radius 3 is 2.06 bits per heavy atom. The Labute approximate surface area is 107 Å². The molecule has 0 fully saturated rings. The molecule has 0 saturated heterocycles. The van der Waals surface area contributed by atoms with Crippen LogP contribution in [0.15, 0.2) is 24.3 Å². The van der Waals surface area contributed by atoms with E-state index in [1.165, 1.54) is 5.56 Å². The van der Waals surface area contributed by atoms with Gasteiger partial charge in [0.2, 0.25) is 0 Å². The Bertz CT molecular complexity index is 350. The maximum atomic E-state index is 10.0. The molecule has 1 aromatic rings. The quantitative estimate of drug-likeness (QED) is 0.639. The summed E-state index contributed by atoms with van der Waals surface area (Å²) in [6.07, 6.45) is 0.875. The van der Waals surface area contributed by atoms with Gasteiger partial charge in [-0.2, -0.15) is 0 Å². The molecule has 102 valence electrons. The molecule has 0 aliphatic rings. The Morgan fingerprint density at radius 1 is 1.28 bits per heavy atom. The fraction of sp³-hybridized carbons (Fsp3) is 0.462. The van der Waals surface area contributed by atoms with Crippen molar-refractivity contribution >= 4 is 5.97 Å². The van der Waals surface area contributed by atoms with Crippen LogP contribution < -0.4 is 11.5 Å². The lowest BCUT2D eigenvalue weighted by atomic mass is 10.1. The Kier molecular flexibility index (Phi) is 7.74. The zero-order chi connectivity index (χ0) is 14.1. The number of phenols is 1. The van der Waals surface area contributed by atoms with E-state index in [1.54, 1.807) is 26.0 Å². The highest BCUT2D eigenvalue weighted by Crippen LogP contribution is 2.09. The summed E-state index contributed by atoms with van der Waals surface area (Å²) in [7, 11) is 0. The van der Waals surface area contributed by atoms with Crippen LogP contribution in [-0.2, 0) is 11.2 Å². The van der Waals surface area contributed by atoms with Crippen LogP contribution >= 0.6 is 0 Å². The summed E-state index contributed by atoms with van der Waals surface area (Å²) in [4.78, 5) is 10.0. The van der Waals surface area contributed by atoms with Gasteiger partial charge in [-0.1, -0.05) is 26.0 Å². The van der Waals surface area contributed by atoms with Crippen LogP contribution in [0.3, 0.4) is 0 Å². The average molecular weight is 254 g/mol. The SMILES string of the molecule is CC(C)[C@H](N)C(=O)O.NCCc1ccc(O)cc1. The van der Waals surface area contributed by atoms with Crippen LogP contribution in [0.4, 0.5) is 0 Å². The molecule has 18 heavy (non-hydrogen) atoms. The summed E-state index contributed by atoms with van der Waals surface area (Å²) in [6, 6.07) is 6.38. The first-order chi connectivity index (χ1) is 8.38. The highest BCUT2D eigenvalue weighted by atomic mass is 16.4. The second kappa shape index (κ2) is 8.49. The van der Waals surface area contributed by atoms with Gasteiger partial charge in [0.1, 0.15) is 11.8 Å². The van der Waals surface area contributed by atoms with E-state index in [1.807, 2.05) is 12.1 Å². The van der Waals surface area contributed by atoms with Gasteiger partial charge in [-0.05, 0) is 36.6 Å². The van der Waals surface area contributed by atoms with Gasteiger partial charge >= 0.3 is 5.97 Å². The number of nitrogens with two attached hydrogens (primary N) is 2. The summed E-state index contributed by atoms with van der Waals surface area (Å²) in [5.41, 5.74) is 11.7. The fourth-order valence-electron chi connectivity index (χ4n) is 1.11. The van der Waals surface area contributed by atoms with Gasteiger partial charge in [0.25, 0.3) is 0 Å². The Hall–Kier alpha value is -1.59. The number of aromatic hydroxyl groups is 1. The third-order valence-electron chi connectivity index (χ3n) is 2.37. The Balaban J connectivity index is 0.000000331. The first kappa shape index (κ1) is 16.4. The van der Waals surface area contributed by atoms with Crippen molar-refractivity contribution in [3.8, 4) is 5.75 Å². The lowest BCUT2D eigenvalue weighted by molar-refractivity contribution is -0.139. The molecule has 0 aromatic heterocycles. The summed E-state index contributed by atoms with van der Waals surface area (Å²) in [5.74, 6) is -0.603. The molecule has 1 rings (SSSR count). The fourth-order valence-corrected chi connectivity index (χ4v) is 1.11. The molecule has 0 amide bonds. The molecule has 0 bridgehead atoms. The number of carboxylic acids is 1. The van der Waals surface area contributed by atoms with Crippen molar-refractivity contribution in [2.75, 3.05) is 6.54 Å². The molecule has 6 N–H and O–H groups in total. The first-order valence-electron chi connectivity index (χ1n) is 5.84. The van der Waals surface area contributed by atoms with E-state index in [2.05, 4.69) is 0 Å². The lowest BCUT2D eigenvalue weighted by Crippen LogP contribution is -2.34. The predicted molar refractivity (Wildman–Crippen MR) is 71.3 cm³/mol. The van der Waals surface area contributed by atoms with Crippen molar-refractivity contribution < 1.29 is 15.0 Å². The first-order valence-corrected chi connectivity index (χ1v) is 5.84. The van der Waals surface area contributed by atoms with Gasteiger partial charge in [-0.3, -0.25) is 4.79 Å². The van der Waals surface area contributed by atoms with Crippen LogP contribution in [0.25, 0.3) is 0 Å². The van der Waals surface area contributed by atoms with Crippen molar-refractivity contribution in [3.05, 3.63) is 29.8 Å². The topological polar surface area (TPSA) is 110 Å². The van der Waals surface area contributed by atoms with Crippen LogP contribution in [0, 0.1) is 5.92 Å². The zero-order valence-corrected chi connectivity index (χ0v) is 10.8. The van der Waals surface area contributed by atoms with Gasteiger partial charge in [0.15, 0.2) is 0 Å². The molecule has 0 radical (unpaired) electrons. The van der Waals surface area contributed by atoms with E-state index in [0.717, 1.165) is 6.42 Å². The van der Waals surface area contributed by atoms with E-state index in [9.17, 15) is 4.79 Å². The molecular weight excluding hydrogens is 232 g/mol. The summed E-state index contributed by atoms with van der Waals surface area (Å²) in [6.45, 7) is 4.21. The Morgan fingerprint density at radius 2 is 1.78 bits per heavy atom. The smallest absolute Gasteiger partial charge is 0.320 e. The van der Waals surface area contributed by atoms with E-state index >= 15 is 0 Å².